The summed E-state index contributed by atoms with van der Waals surface area (Å²) in [7, 11) is -3.27. The van der Waals surface area contributed by atoms with Gasteiger partial charge in [-0.15, -0.1) is 0 Å². The van der Waals surface area contributed by atoms with Crippen LogP contribution in [0.25, 0.3) is 0 Å². The molecular formula is C10H15MgNO5S. The molecule has 0 radical (unpaired) electrons. The number of esters is 1. The van der Waals surface area contributed by atoms with Crippen LogP contribution in [-0.4, -0.2) is 61.5 Å². The molecule has 0 aliphatic heterocycles. The minimum absolute atomic E-state index is 0. The minimum atomic E-state index is -3.27. The van der Waals surface area contributed by atoms with Crippen molar-refractivity contribution in [3.63, 3.8) is 0 Å². The first-order valence-corrected chi connectivity index (χ1v) is 6.62. The summed E-state index contributed by atoms with van der Waals surface area (Å²) < 4.78 is 27.1. The lowest BCUT2D eigenvalue weighted by molar-refractivity contribution is -0.136. The van der Waals surface area contributed by atoms with E-state index < -0.39 is 28.5 Å². The summed E-state index contributed by atoms with van der Waals surface area (Å²) in [5, 5.41) is 8.63. The van der Waals surface area contributed by atoms with Crippen LogP contribution in [0.2, 0.25) is 0 Å². The molecule has 1 atom stereocenters. The van der Waals surface area contributed by atoms with Crippen molar-refractivity contribution in [1.29, 1.82) is 0 Å². The maximum Gasteiger partial charge on any atom is 0.330 e. The molecular weight excluding hydrogens is 270 g/mol. The van der Waals surface area contributed by atoms with Crippen molar-refractivity contribution < 1.29 is 23.1 Å². The van der Waals surface area contributed by atoms with E-state index in [4.69, 9.17) is 15.6 Å². The fourth-order valence-electron chi connectivity index (χ4n) is 1.02. The molecule has 1 aromatic rings. The van der Waals surface area contributed by atoms with Gasteiger partial charge in [0.15, 0.2) is 9.84 Å². The highest BCUT2D eigenvalue weighted by molar-refractivity contribution is 7.90. The number of aliphatic hydroxyl groups is 1. The van der Waals surface area contributed by atoms with Gasteiger partial charge in [0.2, 0.25) is 0 Å². The monoisotopic (exact) mass is 285 g/mol. The zero-order valence-electron chi connectivity index (χ0n) is 9.16. The van der Waals surface area contributed by atoms with E-state index in [9.17, 15) is 13.2 Å². The van der Waals surface area contributed by atoms with E-state index in [-0.39, 0.29) is 33.7 Å². The van der Waals surface area contributed by atoms with Gasteiger partial charge in [-0.1, -0.05) is 0 Å². The standard InChI is InChI=1S/C10H13NO5S.Mg.2H/c1-17(14,15)8-4-2-7(3-5-8)16-10(13)9(11)6-12;;;/h2-5,9,12H,6,11H2,1H3;;;/t9-;;;/m0.../s1. The molecule has 0 saturated carbocycles. The van der Waals surface area contributed by atoms with Crippen molar-refractivity contribution in [2.75, 3.05) is 12.9 Å². The summed E-state index contributed by atoms with van der Waals surface area (Å²) in [4.78, 5) is 11.3. The zero-order chi connectivity index (χ0) is 13.1. The molecule has 3 N–H and O–H groups in total. The molecule has 8 heteroatoms. The maximum absolute atomic E-state index is 11.2. The molecule has 0 spiro atoms. The van der Waals surface area contributed by atoms with Gasteiger partial charge in [0.05, 0.1) is 11.5 Å². The number of aliphatic hydroxyl groups excluding tert-OH is 1. The summed E-state index contributed by atoms with van der Waals surface area (Å²) in [6.07, 6.45) is 1.08. The Balaban J connectivity index is 0.00000289. The third-order valence-corrected chi connectivity index (χ3v) is 3.10. The topological polar surface area (TPSA) is 107 Å². The fraction of sp³-hybridized carbons (Fsp3) is 0.300. The molecule has 0 heterocycles. The lowest BCUT2D eigenvalue weighted by Gasteiger charge is -2.08. The summed E-state index contributed by atoms with van der Waals surface area (Å²) in [6.45, 7) is -0.514. The number of rotatable bonds is 4. The van der Waals surface area contributed by atoms with Gasteiger partial charge in [-0.2, -0.15) is 0 Å². The Hall–Kier alpha value is -0.674. The molecule has 0 unspecified atom stereocenters. The first-order valence-electron chi connectivity index (χ1n) is 4.73. The normalized spacial score (nSPS) is 12.4. The number of carbonyl (C=O) groups excluding carboxylic acids is 1. The average Bonchev–Trinajstić information content (AvgIpc) is 2.27. The van der Waals surface area contributed by atoms with E-state index in [1.54, 1.807) is 0 Å². The Kier molecular flexibility index (Phi) is 6.78. The van der Waals surface area contributed by atoms with Gasteiger partial charge in [0, 0.05) is 6.26 Å². The van der Waals surface area contributed by atoms with Crippen molar-refractivity contribution in [3.05, 3.63) is 24.3 Å². The molecule has 6 nitrogen and oxygen atoms in total. The van der Waals surface area contributed by atoms with Crippen LogP contribution >= 0.6 is 0 Å². The van der Waals surface area contributed by atoms with Gasteiger partial charge < -0.3 is 15.6 Å². The molecule has 0 aliphatic carbocycles. The molecule has 0 fully saturated rings. The summed E-state index contributed by atoms with van der Waals surface area (Å²) in [5.41, 5.74) is 5.24. The smallest absolute Gasteiger partial charge is 0.330 e. The minimum Gasteiger partial charge on any atom is -0.425 e. The van der Waals surface area contributed by atoms with Crippen molar-refractivity contribution >= 4 is 38.9 Å². The molecule has 0 aliphatic rings. The number of hydrogen-bond acceptors (Lipinski definition) is 6. The third-order valence-electron chi connectivity index (χ3n) is 1.97. The second-order valence-electron chi connectivity index (χ2n) is 3.45. The molecule has 0 bridgehead atoms. The maximum atomic E-state index is 11.2. The first kappa shape index (κ1) is 17.3. The van der Waals surface area contributed by atoms with E-state index >= 15 is 0 Å². The van der Waals surface area contributed by atoms with Crippen LogP contribution in [0.5, 0.6) is 5.75 Å². The molecule has 18 heavy (non-hydrogen) atoms. The van der Waals surface area contributed by atoms with Crippen molar-refractivity contribution in [2.45, 2.75) is 10.9 Å². The van der Waals surface area contributed by atoms with Gasteiger partial charge in [-0.05, 0) is 24.3 Å². The van der Waals surface area contributed by atoms with E-state index in [2.05, 4.69) is 0 Å². The predicted molar refractivity (Wildman–Crippen MR) is 68.8 cm³/mol. The Morgan fingerprint density at radius 2 is 1.89 bits per heavy atom. The Labute approximate surface area is 121 Å². The number of ether oxygens (including phenoxy) is 1. The highest BCUT2D eigenvalue weighted by atomic mass is 32.2. The Morgan fingerprint density at radius 1 is 1.39 bits per heavy atom. The Morgan fingerprint density at radius 3 is 2.28 bits per heavy atom. The van der Waals surface area contributed by atoms with Crippen LogP contribution in [0.1, 0.15) is 0 Å². The molecule has 98 valence electrons. The fourth-order valence-corrected chi connectivity index (χ4v) is 1.65. The predicted octanol–water partition coefficient (Wildman–Crippen LogP) is -1.60. The molecule has 1 aromatic carbocycles. The van der Waals surface area contributed by atoms with Crippen LogP contribution in [-0.2, 0) is 14.6 Å². The summed E-state index contributed by atoms with van der Waals surface area (Å²) >= 11 is 0. The summed E-state index contributed by atoms with van der Waals surface area (Å²) in [6, 6.07) is 4.23. The van der Waals surface area contributed by atoms with Crippen LogP contribution in [0.3, 0.4) is 0 Å². The first-order chi connectivity index (χ1) is 7.84. The number of hydrogen-bond donors (Lipinski definition) is 2. The van der Waals surface area contributed by atoms with E-state index in [0.29, 0.717) is 0 Å². The molecule has 1 rings (SSSR count). The third kappa shape index (κ3) is 4.90. The lowest BCUT2D eigenvalue weighted by Crippen LogP contribution is -2.37. The number of nitrogens with two attached hydrogens (primary N) is 1. The number of carbonyl (C=O) groups is 1. The largest absolute Gasteiger partial charge is 0.425 e. The highest BCUT2D eigenvalue weighted by Gasteiger charge is 2.15. The van der Waals surface area contributed by atoms with Gasteiger partial charge in [0.1, 0.15) is 11.8 Å². The molecule has 0 aromatic heterocycles. The highest BCUT2D eigenvalue weighted by Crippen LogP contribution is 2.16. The van der Waals surface area contributed by atoms with Gasteiger partial charge >= 0.3 is 29.0 Å². The van der Waals surface area contributed by atoms with E-state index in [0.717, 1.165) is 6.26 Å². The quantitative estimate of drug-likeness (QED) is 0.392. The lowest BCUT2D eigenvalue weighted by atomic mass is 10.3. The van der Waals surface area contributed by atoms with Crippen LogP contribution in [0.15, 0.2) is 29.2 Å². The molecule has 0 amide bonds. The van der Waals surface area contributed by atoms with E-state index in [1.807, 2.05) is 0 Å². The Bertz CT molecular complexity index is 500. The van der Waals surface area contributed by atoms with Crippen molar-refractivity contribution in [3.8, 4) is 5.75 Å². The van der Waals surface area contributed by atoms with Crippen LogP contribution < -0.4 is 10.5 Å². The second kappa shape index (κ2) is 7.05. The van der Waals surface area contributed by atoms with Crippen LogP contribution in [0, 0.1) is 0 Å². The van der Waals surface area contributed by atoms with Crippen molar-refractivity contribution in [2.24, 2.45) is 5.73 Å². The van der Waals surface area contributed by atoms with Gasteiger partial charge in [-0.25, -0.2) is 13.2 Å². The summed E-state index contributed by atoms with van der Waals surface area (Å²) in [5.74, 6) is -0.606. The molecule has 0 saturated heterocycles. The van der Waals surface area contributed by atoms with Crippen LogP contribution in [0.4, 0.5) is 0 Å². The van der Waals surface area contributed by atoms with Gasteiger partial charge in [-0.3, -0.25) is 0 Å². The number of sulfone groups is 1. The SMILES string of the molecule is CS(=O)(=O)c1ccc(OC(=O)[C@@H](N)CO)cc1.[MgH2]. The number of benzene rings is 1. The zero-order valence-corrected chi connectivity index (χ0v) is 9.98. The van der Waals surface area contributed by atoms with Crippen molar-refractivity contribution in [1.82, 2.24) is 0 Å². The second-order valence-corrected chi connectivity index (χ2v) is 5.47. The average molecular weight is 286 g/mol. The van der Waals surface area contributed by atoms with Gasteiger partial charge in [0.25, 0.3) is 0 Å². The van der Waals surface area contributed by atoms with E-state index in [1.165, 1.54) is 24.3 Å².